The second kappa shape index (κ2) is 8.10. The summed E-state index contributed by atoms with van der Waals surface area (Å²) in [5.41, 5.74) is 3.80. The van der Waals surface area contributed by atoms with Crippen LogP contribution in [0.3, 0.4) is 0 Å². The number of carbonyl (C=O) groups is 1. The Bertz CT molecular complexity index is 1330. The van der Waals surface area contributed by atoms with Crippen LogP contribution >= 0.6 is 0 Å². The van der Waals surface area contributed by atoms with E-state index in [0.29, 0.717) is 28.7 Å². The molecule has 4 aromatic rings. The largest absolute Gasteiger partial charge is 0.439 e. The topological polar surface area (TPSA) is 103 Å². The summed E-state index contributed by atoms with van der Waals surface area (Å²) in [4.78, 5) is 24.4. The number of aromatic nitrogens is 3. The molecule has 0 aliphatic carbocycles. The monoisotopic (exact) mass is 443 g/mol. The molecule has 11 heteroatoms. The minimum absolute atomic E-state index is 0.0294. The van der Waals surface area contributed by atoms with Crippen molar-refractivity contribution in [3.8, 4) is 11.6 Å². The summed E-state index contributed by atoms with van der Waals surface area (Å²) >= 11 is 0. The first-order chi connectivity index (χ1) is 15.2. The average Bonchev–Trinajstić information content (AvgIpc) is 2.73. The van der Waals surface area contributed by atoms with Crippen LogP contribution in [0.1, 0.15) is 16.1 Å². The molecule has 0 unspecified atom stereocenters. The molecular weight excluding hydrogens is 430 g/mol. The van der Waals surface area contributed by atoms with Gasteiger partial charge in [0.1, 0.15) is 17.3 Å². The summed E-state index contributed by atoms with van der Waals surface area (Å²) < 4.78 is 57.9. The molecule has 0 radical (unpaired) electrons. The quantitative estimate of drug-likeness (QED) is 0.439. The van der Waals surface area contributed by atoms with Crippen LogP contribution in [0.4, 0.5) is 29.2 Å². The van der Waals surface area contributed by atoms with E-state index in [-0.39, 0.29) is 23.2 Å². The smallest absolute Gasteiger partial charge is 0.419 e. The van der Waals surface area contributed by atoms with Crippen molar-refractivity contribution < 1.29 is 27.1 Å². The number of nitrogen functional groups attached to an aromatic ring is 1. The van der Waals surface area contributed by atoms with Gasteiger partial charge in [-0.15, -0.1) is 0 Å². The normalized spacial score (nSPS) is 11.4. The molecule has 2 aromatic heterocycles. The van der Waals surface area contributed by atoms with Crippen molar-refractivity contribution in [3.63, 3.8) is 0 Å². The molecule has 0 aliphatic heterocycles. The molecule has 0 fully saturated rings. The number of halogens is 4. The maximum absolute atomic E-state index is 13.5. The third kappa shape index (κ3) is 4.41. The van der Waals surface area contributed by atoms with Gasteiger partial charge in [-0.3, -0.25) is 9.78 Å². The fourth-order valence-corrected chi connectivity index (χ4v) is 2.95. The number of nitrogens with one attached hydrogen (secondary N) is 1. The van der Waals surface area contributed by atoms with Gasteiger partial charge in [-0.1, -0.05) is 0 Å². The zero-order chi connectivity index (χ0) is 22.9. The van der Waals surface area contributed by atoms with Gasteiger partial charge in [0.2, 0.25) is 11.8 Å². The van der Waals surface area contributed by atoms with E-state index in [9.17, 15) is 22.4 Å². The van der Waals surface area contributed by atoms with Gasteiger partial charge >= 0.3 is 6.18 Å². The van der Waals surface area contributed by atoms with E-state index in [2.05, 4.69) is 20.3 Å². The Kier molecular flexibility index (Phi) is 5.31. The molecule has 0 saturated heterocycles. The number of pyridine rings is 1. The molecule has 0 atom stereocenters. The highest BCUT2D eigenvalue weighted by atomic mass is 19.4. The van der Waals surface area contributed by atoms with E-state index < -0.39 is 23.5 Å². The summed E-state index contributed by atoms with van der Waals surface area (Å²) in [7, 11) is 0. The molecule has 2 aromatic carbocycles. The summed E-state index contributed by atoms with van der Waals surface area (Å²) in [6.45, 7) is 0. The highest BCUT2D eigenvalue weighted by molar-refractivity contribution is 6.11. The van der Waals surface area contributed by atoms with E-state index in [1.807, 2.05) is 0 Å². The Morgan fingerprint density at radius 2 is 1.78 bits per heavy atom. The van der Waals surface area contributed by atoms with Crippen LogP contribution < -0.4 is 15.8 Å². The van der Waals surface area contributed by atoms with Gasteiger partial charge in [0.05, 0.1) is 5.56 Å². The van der Waals surface area contributed by atoms with Crippen LogP contribution in [0.25, 0.3) is 10.8 Å². The van der Waals surface area contributed by atoms with Crippen molar-refractivity contribution in [2.24, 2.45) is 0 Å². The number of fused-ring (bicyclic) bond motifs is 1. The molecule has 0 bridgehead atoms. The highest BCUT2D eigenvalue weighted by Crippen LogP contribution is 2.33. The number of rotatable bonds is 4. The second-order valence-electron chi connectivity index (χ2n) is 6.54. The van der Waals surface area contributed by atoms with Gasteiger partial charge in [-0.05, 0) is 47.9 Å². The minimum Gasteiger partial charge on any atom is -0.439 e. The first kappa shape index (κ1) is 21.0. The molecule has 0 spiro atoms. The second-order valence-corrected chi connectivity index (χ2v) is 6.54. The molecule has 7 nitrogen and oxygen atoms in total. The van der Waals surface area contributed by atoms with Crippen LogP contribution in [-0.4, -0.2) is 20.9 Å². The van der Waals surface area contributed by atoms with E-state index in [1.165, 1.54) is 18.5 Å². The lowest BCUT2D eigenvalue weighted by Crippen LogP contribution is -2.15. The standard InChI is InChI=1S/C21H13F4N5O2/c22-16-4-1-12(10-15(16)21(23,24)25)29-19(31)18-14-3-2-13(9-11(14)5-7-27-18)32-17-6-8-28-20(26)30-17/h1-10H,(H,29,31)(H2,26,28,30). The Labute approximate surface area is 177 Å². The third-order valence-corrected chi connectivity index (χ3v) is 4.35. The zero-order valence-electron chi connectivity index (χ0n) is 16.0. The lowest BCUT2D eigenvalue weighted by molar-refractivity contribution is -0.139. The lowest BCUT2D eigenvalue weighted by atomic mass is 10.1. The first-order valence-electron chi connectivity index (χ1n) is 9.04. The predicted molar refractivity (Wildman–Crippen MR) is 108 cm³/mol. The van der Waals surface area contributed by atoms with Crippen LogP contribution in [0.2, 0.25) is 0 Å². The van der Waals surface area contributed by atoms with Crippen LogP contribution in [0, 0.1) is 5.82 Å². The molecule has 0 aliphatic rings. The predicted octanol–water partition coefficient (Wildman–Crippen LogP) is 4.81. The van der Waals surface area contributed by atoms with Crippen LogP contribution in [0.5, 0.6) is 11.6 Å². The van der Waals surface area contributed by atoms with Crippen molar-refractivity contribution in [3.05, 3.63) is 78.0 Å². The molecule has 3 N–H and O–H groups in total. The number of benzene rings is 2. The van der Waals surface area contributed by atoms with Crippen molar-refractivity contribution in [1.29, 1.82) is 0 Å². The Balaban J connectivity index is 1.61. The van der Waals surface area contributed by atoms with Gasteiger partial charge in [-0.25, -0.2) is 9.37 Å². The summed E-state index contributed by atoms with van der Waals surface area (Å²) in [5.74, 6) is -1.52. The summed E-state index contributed by atoms with van der Waals surface area (Å²) in [5, 5.41) is 3.33. The van der Waals surface area contributed by atoms with Gasteiger partial charge in [0.15, 0.2) is 0 Å². The number of ether oxygens (including phenoxy) is 1. The van der Waals surface area contributed by atoms with Gasteiger partial charge in [0.25, 0.3) is 5.91 Å². The average molecular weight is 443 g/mol. The van der Waals surface area contributed by atoms with Gasteiger partial charge < -0.3 is 15.8 Å². The fourth-order valence-electron chi connectivity index (χ4n) is 2.95. The van der Waals surface area contributed by atoms with E-state index >= 15 is 0 Å². The number of hydrogen-bond acceptors (Lipinski definition) is 6. The molecule has 0 saturated carbocycles. The third-order valence-electron chi connectivity index (χ3n) is 4.35. The molecule has 32 heavy (non-hydrogen) atoms. The fraction of sp³-hybridized carbons (Fsp3) is 0.0476. The van der Waals surface area contributed by atoms with E-state index in [1.54, 1.807) is 24.3 Å². The number of hydrogen-bond donors (Lipinski definition) is 2. The Morgan fingerprint density at radius 3 is 2.53 bits per heavy atom. The van der Waals surface area contributed by atoms with Gasteiger partial charge in [-0.2, -0.15) is 18.2 Å². The van der Waals surface area contributed by atoms with Crippen molar-refractivity contribution >= 4 is 28.3 Å². The number of nitrogens with zero attached hydrogens (tertiary/aromatic N) is 3. The highest BCUT2D eigenvalue weighted by Gasteiger charge is 2.34. The molecule has 162 valence electrons. The molecule has 4 rings (SSSR count). The maximum atomic E-state index is 13.5. The van der Waals surface area contributed by atoms with Crippen molar-refractivity contribution in [1.82, 2.24) is 15.0 Å². The Hall–Kier alpha value is -4.28. The first-order valence-corrected chi connectivity index (χ1v) is 9.04. The van der Waals surface area contributed by atoms with Gasteiger partial charge in [0, 0.05) is 29.5 Å². The van der Waals surface area contributed by atoms with Crippen LogP contribution in [-0.2, 0) is 6.18 Å². The summed E-state index contributed by atoms with van der Waals surface area (Å²) in [6, 6.07) is 10.1. The van der Waals surface area contributed by atoms with E-state index in [4.69, 9.17) is 10.5 Å². The van der Waals surface area contributed by atoms with Crippen molar-refractivity contribution in [2.75, 3.05) is 11.1 Å². The van der Waals surface area contributed by atoms with E-state index in [0.717, 1.165) is 6.07 Å². The zero-order valence-corrected chi connectivity index (χ0v) is 16.0. The SMILES string of the molecule is Nc1nccc(Oc2ccc3c(C(=O)Nc4ccc(F)c(C(F)(F)F)c4)nccc3c2)n1. The van der Waals surface area contributed by atoms with Crippen molar-refractivity contribution in [2.45, 2.75) is 6.18 Å². The molecule has 1 amide bonds. The maximum Gasteiger partial charge on any atom is 0.419 e. The molecular formula is C21H13F4N5O2. The number of carbonyl (C=O) groups excluding carboxylic acids is 1. The minimum atomic E-state index is -4.90. The number of anilines is 2. The van der Waals surface area contributed by atoms with Crippen LogP contribution in [0.15, 0.2) is 60.9 Å². The summed E-state index contributed by atoms with van der Waals surface area (Å²) in [6.07, 6.45) is -2.09. The Morgan fingerprint density at radius 1 is 1.00 bits per heavy atom. The number of alkyl halides is 3. The number of nitrogens with two attached hydrogens (primary N) is 1. The lowest BCUT2D eigenvalue weighted by Gasteiger charge is -2.12. The molecule has 2 heterocycles. The number of amides is 1.